The monoisotopic (exact) mass is 260 g/mol. The SMILES string of the molecule is CSC[C@H](O)[C@@H](O)C(=O)COP(=O)(O)O. The van der Waals surface area contributed by atoms with Gasteiger partial charge >= 0.3 is 7.82 Å². The molecule has 0 rings (SSSR count). The largest absolute Gasteiger partial charge is 0.470 e. The summed E-state index contributed by atoms with van der Waals surface area (Å²) in [4.78, 5) is 27.6. The van der Waals surface area contributed by atoms with Crippen molar-refractivity contribution in [1.29, 1.82) is 0 Å². The van der Waals surface area contributed by atoms with E-state index in [1.54, 1.807) is 6.26 Å². The number of hydrogen-bond donors (Lipinski definition) is 4. The normalized spacial score (nSPS) is 16.1. The summed E-state index contributed by atoms with van der Waals surface area (Å²) in [5, 5.41) is 18.3. The molecule has 9 heteroatoms. The lowest BCUT2D eigenvalue weighted by atomic mass is 10.1. The molecular formula is C6H13O7PS. The molecule has 0 aliphatic carbocycles. The molecule has 0 fully saturated rings. The minimum absolute atomic E-state index is 0.142. The molecule has 0 aliphatic rings. The van der Waals surface area contributed by atoms with Crippen LogP contribution in [-0.2, 0) is 13.9 Å². The third-order valence-electron chi connectivity index (χ3n) is 1.41. The summed E-state index contributed by atoms with van der Waals surface area (Å²) in [6.45, 7) is -0.934. The van der Waals surface area contributed by atoms with Crippen molar-refractivity contribution < 1.29 is 33.9 Å². The second kappa shape index (κ2) is 6.59. The Morgan fingerprint density at radius 2 is 2.00 bits per heavy atom. The fourth-order valence-electron chi connectivity index (χ4n) is 0.710. The highest BCUT2D eigenvalue weighted by molar-refractivity contribution is 7.98. The molecule has 0 saturated heterocycles. The zero-order valence-electron chi connectivity index (χ0n) is 7.94. The number of aliphatic hydroxyl groups is 2. The highest BCUT2D eigenvalue weighted by atomic mass is 32.2. The molecule has 0 amide bonds. The molecular weight excluding hydrogens is 247 g/mol. The molecule has 0 unspecified atom stereocenters. The van der Waals surface area contributed by atoms with Gasteiger partial charge in [-0.1, -0.05) is 0 Å². The number of carbonyl (C=O) groups is 1. The summed E-state index contributed by atoms with van der Waals surface area (Å²) in [7, 11) is -4.72. The van der Waals surface area contributed by atoms with Gasteiger partial charge in [-0.15, -0.1) is 0 Å². The molecule has 0 aromatic rings. The molecule has 0 heterocycles. The van der Waals surface area contributed by atoms with E-state index in [9.17, 15) is 14.5 Å². The first-order valence-corrected chi connectivity index (χ1v) is 6.78. The van der Waals surface area contributed by atoms with Gasteiger partial charge in [0.2, 0.25) is 0 Å². The lowest BCUT2D eigenvalue weighted by Gasteiger charge is -2.15. The molecule has 0 radical (unpaired) electrons. The van der Waals surface area contributed by atoms with Crippen molar-refractivity contribution in [2.24, 2.45) is 0 Å². The Bertz CT molecular complexity index is 252. The minimum atomic E-state index is -4.72. The molecule has 0 spiro atoms. The number of Topliss-reactive ketones (excluding diaryl/α,β-unsaturated/α-hetero) is 1. The zero-order valence-corrected chi connectivity index (χ0v) is 9.65. The van der Waals surface area contributed by atoms with Crippen LogP contribution in [0.3, 0.4) is 0 Å². The molecule has 0 aromatic carbocycles. The third kappa shape index (κ3) is 7.02. The Morgan fingerprint density at radius 3 is 2.40 bits per heavy atom. The number of hydrogen-bond acceptors (Lipinski definition) is 6. The maximum atomic E-state index is 11.0. The third-order valence-corrected chi connectivity index (χ3v) is 2.55. The summed E-state index contributed by atoms with van der Waals surface area (Å²) < 4.78 is 14.1. The fourth-order valence-corrected chi connectivity index (χ4v) is 1.53. The first-order valence-electron chi connectivity index (χ1n) is 3.86. The van der Waals surface area contributed by atoms with Gasteiger partial charge in [0.1, 0.15) is 12.7 Å². The first kappa shape index (κ1) is 15.0. The van der Waals surface area contributed by atoms with Crippen molar-refractivity contribution in [2.75, 3.05) is 18.6 Å². The van der Waals surface area contributed by atoms with Gasteiger partial charge in [-0.25, -0.2) is 4.57 Å². The second-order valence-electron chi connectivity index (χ2n) is 2.70. The number of rotatable bonds is 7. The first-order chi connectivity index (χ1) is 6.78. The van der Waals surface area contributed by atoms with E-state index in [0.29, 0.717) is 0 Å². The molecule has 0 aliphatic heterocycles. The van der Waals surface area contributed by atoms with E-state index in [1.165, 1.54) is 11.8 Å². The topological polar surface area (TPSA) is 124 Å². The second-order valence-corrected chi connectivity index (χ2v) is 4.85. The number of phosphoric acid groups is 1. The van der Waals surface area contributed by atoms with Crippen molar-refractivity contribution in [3.63, 3.8) is 0 Å². The van der Waals surface area contributed by atoms with Crippen LogP contribution in [0.2, 0.25) is 0 Å². The molecule has 4 N–H and O–H groups in total. The average molecular weight is 260 g/mol. The molecule has 7 nitrogen and oxygen atoms in total. The molecule has 15 heavy (non-hydrogen) atoms. The van der Waals surface area contributed by atoms with Crippen molar-refractivity contribution in [2.45, 2.75) is 12.2 Å². The van der Waals surface area contributed by atoms with Crippen LogP contribution >= 0.6 is 19.6 Å². The van der Waals surface area contributed by atoms with E-state index in [2.05, 4.69) is 4.52 Å². The summed E-state index contributed by atoms with van der Waals surface area (Å²) in [5.74, 6) is -0.831. The van der Waals surface area contributed by atoms with Crippen LogP contribution in [0.5, 0.6) is 0 Å². The Hall–Kier alpha value is 0.0500. The Kier molecular flexibility index (Phi) is 6.62. The van der Waals surface area contributed by atoms with E-state index in [-0.39, 0.29) is 5.75 Å². The van der Waals surface area contributed by atoms with Gasteiger partial charge in [0, 0.05) is 5.75 Å². The summed E-state index contributed by atoms with van der Waals surface area (Å²) in [6.07, 6.45) is -1.29. The van der Waals surface area contributed by atoms with Crippen LogP contribution in [0.4, 0.5) is 0 Å². The van der Waals surface area contributed by atoms with Crippen molar-refractivity contribution in [1.82, 2.24) is 0 Å². The van der Waals surface area contributed by atoms with Crippen LogP contribution in [0.15, 0.2) is 0 Å². The summed E-state index contributed by atoms with van der Waals surface area (Å²) in [6, 6.07) is 0. The molecule has 0 aromatic heterocycles. The summed E-state index contributed by atoms with van der Waals surface area (Å²) in [5.41, 5.74) is 0. The number of thioether (sulfide) groups is 1. The molecule has 0 bridgehead atoms. The number of ketones is 1. The van der Waals surface area contributed by atoms with Crippen LogP contribution in [0.25, 0.3) is 0 Å². The van der Waals surface area contributed by atoms with Crippen LogP contribution in [-0.4, -0.2) is 56.6 Å². The van der Waals surface area contributed by atoms with Gasteiger partial charge in [0.05, 0.1) is 6.10 Å². The van der Waals surface area contributed by atoms with Crippen LogP contribution in [0.1, 0.15) is 0 Å². The zero-order chi connectivity index (χ0) is 12.1. The molecule has 0 saturated carbocycles. The Labute approximate surface area is 90.7 Å². The van der Waals surface area contributed by atoms with E-state index < -0.39 is 32.4 Å². The van der Waals surface area contributed by atoms with Crippen molar-refractivity contribution in [3.8, 4) is 0 Å². The van der Waals surface area contributed by atoms with Gasteiger partial charge in [-0.2, -0.15) is 11.8 Å². The van der Waals surface area contributed by atoms with Gasteiger partial charge < -0.3 is 20.0 Å². The standard InChI is InChI=1S/C6H13O7PS/c1-15-3-5(8)6(9)4(7)2-13-14(10,11)12/h5-6,8-9H,2-3H2,1H3,(H2,10,11,12)/t5-,6-/m0/s1. The Balaban J connectivity index is 4.05. The lowest BCUT2D eigenvalue weighted by Crippen LogP contribution is -2.37. The maximum absolute atomic E-state index is 11.0. The van der Waals surface area contributed by atoms with E-state index in [0.717, 1.165) is 0 Å². The van der Waals surface area contributed by atoms with Gasteiger partial charge in [0.15, 0.2) is 5.78 Å². The minimum Gasteiger partial charge on any atom is -0.389 e. The maximum Gasteiger partial charge on any atom is 0.470 e. The molecule has 90 valence electrons. The van der Waals surface area contributed by atoms with Crippen LogP contribution < -0.4 is 0 Å². The average Bonchev–Trinajstić information content (AvgIpc) is 2.12. The van der Waals surface area contributed by atoms with Gasteiger partial charge in [-0.05, 0) is 6.26 Å². The predicted molar refractivity (Wildman–Crippen MR) is 53.4 cm³/mol. The number of carbonyl (C=O) groups excluding carboxylic acids is 1. The van der Waals surface area contributed by atoms with E-state index in [4.69, 9.17) is 14.9 Å². The fraction of sp³-hybridized carbons (Fsp3) is 0.833. The van der Waals surface area contributed by atoms with Gasteiger partial charge in [-0.3, -0.25) is 9.32 Å². The van der Waals surface area contributed by atoms with E-state index >= 15 is 0 Å². The number of phosphoric ester groups is 1. The summed E-state index contributed by atoms with van der Waals surface area (Å²) >= 11 is 1.22. The predicted octanol–water partition coefficient (Wildman–Crippen LogP) is -1.25. The van der Waals surface area contributed by atoms with Crippen LogP contribution in [0, 0.1) is 0 Å². The number of aliphatic hydroxyl groups excluding tert-OH is 2. The van der Waals surface area contributed by atoms with E-state index in [1.807, 2.05) is 0 Å². The van der Waals surface area contributed by atoms with Crippen molar-refractivity contribution >= 4 is 25.4 Å². The van der Waals surface area contributed by atoms with Crippen molar-refractivity contribution in [3.05, 3.63) is 0 Å². The highest BCUT2D eigenvalue weighted by Gasteiger charge is 2.26. The quantitative estimate of drug-likeness (QED) is 0.418. The smallest absolute Gasteiger partial charge is 0.389 e. The molecule has 2 atom stereocenters. The Morgan fingerprint density at radius 1 is 1.47 bits per heavy atom. The highest BCUT2D eigenvalue weighted by Crippen LogP contribution is 2.35. The van der Waals surface area contributed by atoms with Gasteiger partial charge in [0.25, 0.3) is 0 Å². The lowest BCUT2D eigenvalue weighted by molar-refractivity contribution is -0.134.